The first-order valence-electron chi connectivity index (χ1n) is 5.52. The van der Waals surface area contributed by atoms with Crippen LogP contribution < -0.4 is 5.73 Å². The maximum atomic E-state index is 5.82. The molecular weight excluding hydrogens is 170 g/mol. The summed E-state index contributed by atoms with van der Waals surface area (Å²) in [6, 6.07) is 6.87. The number of nitrogens with two attached hydrogens (primary N) is 1. The predicted octanol–water partition coefficient (Wildman–Crippen LogP) is 2.55. The van der Waals surface area contributed by atoms with Crippen molar-refractivity contribution in [2.75, 3.05) is 6.54 Å². The Balaban J connectivity index is 2.33. The van der Waals surface area contributed by atoms with Gasteiger partial charge in [-0.05, 0) is 42.9 Å². The molecule has 0 heterocycles. The fourth-order valence-electron chi connectivity index (χ4n) is 2.18. The number of aryl methyl sites for hydroxylation is 2. The molecule has 1 aromatic carbocycles. The van der Waals surface area contributed by atoms with Gasteiger partial charge in [0.25, 0.3) is 0 Å². The fourth-order valence-corrected chi connectivity index (χ4v) is 2.18. The van der Waals surface area contributed by atoms with Gasteiger partial charge >= 0.3 is 0 Å². The molecular formula is C13H19N. The molecule has 2 N–H and O–H groups in total. The lowest BCUT2D eigenvalue weighted by molar-refractivity contribution is 0.703. The zero-order valence-electron chi connectivity index (χ0n) is 9.14. The van der Waals surface area contributed by atoms with Crippen LogP contribution in [0.1, 0.15) is 36.5 Å². The standard InChI is InChI=1S/C13H19N/c1-3-11-4-5-12(8-10(11)2)13(9-14)6-7-13/h4-5,8H,3,6-7,9,14H2,1-2H3. The van der Waals surface area contributed by atoms with Crippen LogP contribution in [-0.4, -0.2) is 6.54 Å². The normalized spacial score (nSPS) is 18.2. The molecule has 0 bridgehead atoms. The van der Waals surface area contributed by atoms with E-state index < -0.39 is 0 Å². The topological polar surface area (TPSA) is 26.0 Å². The molecule has 0 spiro atoms. The highest BCUT2D eigenvalue weighted by atomic mass is 14.7. The molecule has 0 atom stereocenters. The molecule has 1 aliphatic carbocycles. The van der Waals surface area contributed by atoms with Crippen LogP contribution in [0.25, 0.3) is 0 Å². The summed E-state index contributed by atoms with van der Waals surface area (Å²) in [5.74, 6) is 0. The van der Waals surface area contributed by atoms with E-state index in [1.807, 2.05) is 0 Å². The van der Waals surface area contributed by atoms with E-state index in [9.17, 15) is 0 Å². The van der Waals surface area contributed by atoms with E-state index >= 15 is 0 Å². The zero-order chi connectivity index (χ0) is 10.2. The first-order chi connectivity index (χ1) is 6.72. The third-order valence-corrected chi connectivity index (χ3v) is 3.58. The van der Waals surface area contributed by atoms with Crippen LogP contribution in [0.2, 0.25) is 0 Å². The molecule has 14 heavy (non-hydrogen) atoms. The minimum atomic E-state index is 0.344. The number of rotatable bonds is 3. The molecule has 1 saturated carbocycles. The van der Waals surface area contributed by atoms with Crippen LogP contribution in [0.15, 0.2) is 18.2 Å². The van der Waals surface area contributed by atoms with E-state index in [1.165, 1.54) is 29.5 Å². The first-order valence-corrected chi connectivity index (χ1v) is 5.52. The van der Waals surface area contributed by atoms with Crippen molar-refractivity contribution in [1.29, 1.82) is 0 Å². The van der Waals surface area contributed by atoms with E-state index in [4.69, 9.17) is 5.73 Å². The van der Waals surface area contributed by atoms with Crippen molar-refractivity contribution in [2.45, 2.75) is 38.5 Å². The molecule has 1 heteroatoms. The molecule has 0 aromatic heterocycles. The second kappa shape index (κ2) is 3.39. The van der Waals surface area contributed by atoms with E-state index in [0.29, 0.717) is 5.41 Å². The Hall–Kier alpha value is -0.820. The third kappa shape index (κ3) is 1.46. The molecule has 0 radical (unpaired) electrons. The summed E-state index contributed by atoms with van der Waals surface area (Å²) in [5, 5.41) is 0. The number of hydrogen-bond acceptors (Lipinski definition) is 1. The summed E-state index contributed by atoms with van der Waals surface area (Å²) in [4.78, 5) is 0. The minimum absolute atomic E-state index is 0.344. The van der Waals surface area contributed by atoms with Crippen molar-refractivity contribution in [2.24, 2.45) is 5.73 Å². The summed E-state index contributed by atoms with van der Waals surface area (Å²) in [6.07, 6.45) is 3.67. The van der Waals surface area contributed by atoms with Crippen molar-refractivity contribution < 1.29 is 0 Å². The van der Waals surface area contributed by atoms with Gasteiger partial charge in [0.15, 0.2) is 0 Å². The van der Waals surface area contributed by atoms with Gasteiger partial charge in [-0.3, -0.25) is 0 Å². The van der Waals surface area contributed by atoms with Gasteiger partial charge in [0.1, 0.15) is 0 Å². The van der Waals surface area contributed by atoms with Crippen LogP contribution in [0.4, 0.5) is 0 Å². The van der Waals surface area contributed by atoms with Crippen molar-refractivity contribution in [1.82, 2.24) is 0 Å². The third-order valence-electron chi connectivity index (χ3n) is 3.58. The highest BCUT2D eigenvalue weighted by Gasteiger charge is 2.42. The predicted molar refractivity (Wildman–Crippen MR) is 60.5 cm³/mol. The molecule has 76 valence electrons. The van der Waals surface area contributed by atoms with Crippen LogP contribution in [0.5, 0.6) is 0 Å². The van der Waals surface area contributed by atoms with Crippen LogP contribution >= 0.6 is 0 Å². The second-order valence-electron chi connectivity index (χ2n) is 4.48. The Labute approximate surface area is 86.3 Å². The van der Waals surface area contributed by atoms with E-state index in [1.54, 1.807) is 0 Å². The quantitative estimate of drug-likeness (QED) is 0.777. The SMILES string of the molecule is CCc1ccc(C2(CN)CC2)cc1C. The van der Waals surface area contributed by atoms with Crippen molar-refractivity contribution in [3.05, 3.63) is 34.9 Å². The molecule has 0 saturated heterocycles. The lowest BCUT2D eigenvalue weighted by Gasteiger charge is -2.14. The lowest BCUT2D eigenvalue weighted by Crippen LogP contribution is -2.19. The maximum absolute atomic E-state index is 5.82. The number of hydrogen-bond donors (Lipinski definition) is 1. The van der Waals surface area contributed by atoms with Crippen LogP contribution in [-0.2, 0) is 11.8 Å². The van der Waals surface area contributed by atoms with Gasteiger partial charge in [0, 0.05) is 12.0 Å². The van der Waals surface area contributed by atoms with Gasteiger partial charge in [-0.15, -0.1) is 0 Å². The van der Waals surface area contributed by atoms with Gasteiger partial charge in [0.2, 0.25) is 0 Å². The molecule has 1 nitrogen and oxygen atoms in total. The molecule has 1 fully saturated rings. The fraction of sp³-hybridized carbons (Fsp3) is 0.538. The van der Waals surface area contributed by atoms with E-state index in [2.05, 4.69) is 32.0 Å². The average Bonchev–Trinajstić information content (AvgIpc) is 2.98. The van der Waals surface area contributed by atoms with E-state index in [-0.39, 0.29) is 0 Å². The Bertz CT molecular complexity index is 337. The lowest BCUT2D eigenvalue weighted by atomic mass is 9.92. The maximum Gasteiger partial charge on any atom is 0.00763 e. The van der Waals surface area contributed by atoms with Crippen LogP contribution in [0.3, 0.4) is 0 Å². The largest absolute Gasteiger partial charge is 0.330 e. The first kappa shape index (κ1) is 9.72. The molecule has 0 unspecified atom stereocenters. The summed E-state index contributed by atoms with van der Waals surface area (Å²) in [6.45, 7) is 5.21. The van der Waals surface area contributed by atoms with Gasteiger partial charge in [-0.25, -0.2) is 0 Å². The molecule has 1 aromatic rings. The molecule has 2 rings (SSSR count). The summed E-state index contributed by atoms with van der Waals surface area (Å²) in [7, 11) is 0. The van der Waals surface area contributed by atoms with Gasteiger partial charge < -0.3 is 5.73 Å². The van der Waals surface area contributed by atoms with Crippen molar-refractivity contribution >= 4 is 0 Å². The average molecular weight is 189 g/mol. The van der Waals surface area contributed by atoms with Crippen molar-refractivity contribution in [3.8, 4) is 0 Å². The summed E-state index contributed by atoms with van der Waals surface area (Å²) >= 11 is 0. The second-order valence-corrected chi connectivity index (χ2v) is 4.48. The highest BCUT2D eigenvalue weighted by molar-refractivity contribution is 5.38. The minimum Gasteiger partial charge on any atom is -0.330 e. The Morgan fingerprint density at radius 3 is 2.50 bits per heavy atom. The Morgan fingerprint density at radius 1 is 1.36 bits per heavy atom. The monoisotopic (exact) mass is 189 g/mol. The molecule has 0 amide bonds. The number of benzene rings is 1. The van der Waals surface area contributed by atoms with Gasteiger partial charge in [-0.1, -0.05) is 25.1 Å². The summed E-state index contributed by atoms with van der Waals surface area (Å²) in [5.41, 5.74) is 10.5. The highest BCUT2D eigenvalue weighted by Crippen LogP contribution is 2.47. The van der Waals surface area contributed by atoms with Crippen LogP contribution in [0, 0.1) is 6.92 Å². The van der Waals surface area contributed by atoms with Crippen molar-refractivity contribution in [3.63, 3.8) is 0 Å². The Morgan fingerprint density at radius 2 is 2.07 bits per heavy atom. The van der Waals surface area contributed by atoms with Gasteiger partial charge in [0.05, 0.1) is 0 Å². The van der Waals surface area contributed by atoms with Gasteiger partial charge in [-0.2, -0.15) is 0 Å². The zero-order valence-corrected chi connectivity index (χ0v) is 9.14. The molecule has 1 aliphatic rings. The van der Waals surface area contributed by atoms with E-state index in [0.717, 1.165) is 13.0 Å². The summed E-state index contributed by atoms with van der Waals surface area (Å²) < 4.78 is 0. The molecule has 0 aliphatic heterocycles. The Kier molecular flexibility index (Phi) is 2.36. The smallest absolute Gasteiger partial charge is 0.00763 e.